The fourth-order valence-electron chi connectivity index (χ4n) is 4.42. The molecule has 3 aromatic carbocycles. The molecule has 2 N–H and O–H groups in total. The van der Waals surface area contributed by atoms with Gasteiger partial charge in [-0.2, -0.15) is 0 Å². The predicted octanol–water partition coefficient (Wildman–Crippen LogP) is 5.31. The molecule has 0 saturated carbocycles. The molecule has 1 fully saturated rings. The molecular weight excluding hydrogens is 470 g/mol. The number of ether oxygens (including phenoxy) is 2. The van der Waals surface area contributed by atoms with Crippen molar-refractivity contribution in [2.75, 3.05) is 19.1 Å². The highest BCUT2D eigenvalue weighted by Crippen LogP contribution is 2.46. The maximum Gasteiger partial charge on any atom is 0.300 e. The van der Waals surface area contributed by atoms with Crippen LogP contribution in [0.3, 0.4) is 0 Å². The van der Waals surface area contributed by atoms with Crippen molar-refractivity contribution in [2.24, 2.45) is 0 Å². The Morgan fingerprint density at radius 1 is 0.943 bits per heavy atom. The number of hydrogen-bond donors (Lipinski definition) is 2. The number of Topliss-reactive ketones (excluding diaryl/α,β-unsaturated/α-hetero) is 1. The van der Waals surface area contributed by atoms with Gasteiger partial charge in [-0.3, -0.25) is 14.5 Å². The lowest BCUT2D eigenvalue weighted by molar-refractivity contribution is -0.132. The summed E-state index contributed by atoms with van der Waals surface area (Å²) in [5.41, 5.74) is 2.71. The maximum atomic E-state index is 13.4. The van der Waals surface area contributed by atoms with Crippen molar-refractivity contribution >= 4 is 34.7 Å². The van der Waals surface area contributed by atoms with Crippen LogP contribution in [0.15, 0.2) is 60.2 Å². The van der Waals surface area contributed by atoms with Crippen molar-refractivity contribution in [3.05, 3.63) is 87.4 Å². The fourth-order valence-corrected chi connectivity index (χ4v) is 4.61. The third-order valence-electron chi connectivity index (χ3n) is 5.88. The monoisotopic (exact) mass is 493 g/mol. The number of carbonyl (C=O) groups excluding carboxylic acids is 2. The van der Waals surface area contributed by atoms with E-state index in [0.717, 1.165) is 11.1 Å². The van der Waals surface area contributed by atoms with Crippen LogP contribution in [0.1, 0.15) is 28.3 Å². The van der Waals surface area contributed by atoms with Crippen molar-refractivity contribution in [1.82, 2.24) is 0 Å². The van der Waals surface area contributed by atoms with Gasteiger partial charge in [0.1, 0.15) is 28.6 Å². The lowest BCUT2D eigenvalue weighted by Gasteiger charge is -2.26. The maximum absolute atomic E-state index is 13.4. The Hall–Kier alpha value is -3.97. The molecule has 7 nitrogen and oxygen atoms in total. The van der Waals surface area contributed by atoms with Crippen molar-refractivity contribution in [1.29, 1.82) is 0 Å². The molecule has 1 amide bonds. The lowest BCUT2D eigenvalue weighted by Crippen LogP contribution is -2.29. The van der Waals surface area contributed by atoms with Crippen LogP contribution in [0.25, 0.3) is 5.76 Å². The number of hydrogen-bond acceptors (Lipinski definition) is 6. The molecule has 1 aliphatic heterocycles. The van der Waals surface area contributed by atoms with Gasteiger partial charge in [0.05, 0.1) is 30.9 Å². The largest absolute Gasteiger partial charge is 0.506 e. The zero-order chi connectivity index (χ0) is 25.4. The van der Waals surface area contributed by atoms with Crippen LogP contribution in [-0.2, 0) is 9.59 Å². The molecule has 0 radical (unpaired) electrons. The molecule has 0 spiro atoms. The Labute approximate surface area is 207 Å². The van der Waals surface area contributed by atoms with E-state index in [-0.39, 0.29) is 33.4 Å². The smallest absolute Gasteiger partial charge is 0.300 e. The van der Waals surface area contributed by atoms with Crippen molar-refractivity contribution in [2.45, 2.75) is 19.9 Å². The minimum Gasteiger partial charge on any atom is -0.506 e. The highest BCUT2D eigenvalue weighted by Gasteiger charge is 2.47. The van der Waals surface area contributed by atoms with Gasteiger partial charge in [0.2, 0.25) is 0 Å². The average molecular weight is 494 g/mol. The Kier molecular flexibility index (Phi) is 6.45. The van der Waals surface area contributed by atoms with Crippen LogP contribution < -0.4 is 14.4 Å². The van der Waals surface area contributed by atoms with Crippen LogP contribution in [0, 0.1) is 13.8 Å². The highest BCUT2D eigenvalue weighted by atomic mass is 35.5. The summed E-state index contributed by atoms with van der Waals surface area (Å²) in [4.78, 5) is 28.2. The van der Waals surface area contributed by atoms with E-state index in [1.165, 1.54) is 31.3 Å². The molecule has 0 bridgehead atoms. The highest BCUT2D eigenvalue weighted by molar-refractivity contribution is 6.51. The minimum absolute atomic E-state index is 0.0448. The van der Waals surface area contributed by atoms with E-state index in [2.05, 4.69) is 0 Å². The first-order valence-electron chi connectivity index (χ1n) is 10.8. The Balaban J connectivity index is 2.05. The minimum atomic E-state index is -1.02. The third-order valence-corrected chi connectivity index (χ3v) is 6.18. The number of aliphatic hydroxyl groups is 1. The summed E-state index contributed by atoms with van der Waals surface area (Å²) in [6.45, 7) is 3.78. The van der Waals surface area contributed by atoms with E-state index in [0.29, 0.717) is 11.3 Å². The number of aliphatic hydroxyl groups excluding tert-OH is 1. The van der Waals surface area contributed by atoms with Gasteiger partial charge in [-0.05, 0) is 66.9 Å². The molecule has 180 valence electrons. The fraction of sp³-hybridized carbons (Fsp3) is 0.185. The number of ketones is 1. The first-order valence-corrected chi connectivity index (χ1v) is 11.1. The second-order valence-corrected chi connectivity index (χ2v) is 8.67. The number of benzene rings is 3. The third kappa shape index (κ3) is 4.19. The van der Waals surface area contributed by atoms with Gasteiger partial charge in [-0.25, -0.2) is 0 Å². The van der Waals surface area contributed by atoms with Gasteiger partial charge < -0.3 is 19.7 Å². The number of aryl methyl sites for hydroxylation is 2. The predicted molar refractivity (Wildman–Crippen MR) is 133 cm³/mol. The molecule has 35 heavy (non-hydrogen) atoms. The quantitative estimate of drug-likeness (QED) is 0.284. The number of phenols is 1. The van der Waals surface area contributed by atoms with Crippen molar-refractivity contribution in [3.8, 4) is 17.2 Å². The number of nitrogens with zero attached hydrogens (tertiary/aromatic N) is 1. The number of carbonyl (C=O) groups is 2. The molecule has 3 aromatic rings. The number of aromatic hydroxyl groups is 1. The van der Waals surface area contributed by atoms with Crippen molar-refractivity contribution < 1.29 is 29.3 Å². The molecule has 1 heterocycles. The van der Waals surface area contributed by atoms with E-state index in [9.17, 15) is 19.8 Å². The summed E-state index contributed by atoms with van der Waals surface area (Å²) in [7, 11) is 2.85. The molecular formula is C27H24ClNO6. The molecule has 1 unspecified atom stereocenters. The standard InChI is InChI=1S/C27H24ClNO6/c1-14-10-15(2)12-17(11-14)29-24(16-8-9-19(30)18(28)13-16)23(26(32)27(29)33)25(31)22-20(34-3)6-5-7-21(22)35-4/h5-13,24,30-31H,1-4H3/b25-23+. The van der Waals surface area contributed by atoms with Crippen LogP contribution in [0.5, 0.6) is 17.2 Å². The van der Waals surface area contributed by atoms with Gasteiger partial charge in [-0.1, -0.05) is 29.8 Å². The number of amides is 1. The van der Waals surface area contributed by atoms with E-state index in [4.69, 9.17) is 21.1 Å². The molecule has 1 saturated heterocycles. The Morgan fingerprint density at radius 2 is 1.54 bits per heavy atom. The number of phenolic OH excluding ortho intramolecular Hbond substituents is 1. The second-order valence-electron chi connectivity index (χ2n) is 8.26. The van der Waals surface area contributed by atoms with Gasteiger partial charge >= 0.3 is 0 Å². The van der Waals surface area contributed by atoms with Crippen LogP contribution in [0.4, 0.5) is 5.69 Å². The van der Waals surface area contributed by atoms with E-state index >= 15 is 0 Å². The van der Waals surface area contributed by atoms with Gasteiger partial charge in [0.25, 0.3) is 11.7 Å². The number of rotatable bonds is 5. The molecule has 1 aliphatic rings. The second kappa shape index (κ2) is 9.35. The first kappa shape index (κ1) is 24.2. The zero-order valence-electron chi connectivity index (χ0n) is 19.6. The van der Waals surface area contributed by atoms with Crippen LogP contribution in [-0.4, -0.2) is 36.1 Å². The van der Waals surface area contributed by atoms with Crippen LogP contribution in [0.2, 0.25) is 5.02 Å². The summed E-state index contributed by atoms with van der Waals surface area (Å²) < 4.78 is 10.8. The molecule has 4 rings (SSSR count). The number of methoxy groups -OCH3 is 2. The molecule has 0 aliphatic carbocycles. The lowest BCUT2D eigenvalue weighted by atomic mass is 9.94. The normalized spacial score (nSPS) is 17.1. The average Bonchev–Trinajstić information content (AvgIpc) is 3.09. The molecule has 1 atom stereocenters. The van der Waals surface area contributed by atoms with Gasteiger partial charge in [0.15, 0.2) is 0 Å². The van der Waals surface area contributed by atoms with Gasteiger partial charge in [-0.15, -0.1) is 0 Å². The summed E-state index contributed by atoms with van der Waals surface area (Å²) in [6.07, 6.45) is 0. The van der Waals surface area contributed by atoms with Gasteiger partial charge in [0, 0.05) is 5.69 Å². The Morgan fingerprint density at radius 3 is 2.09 bits per heavy atom. The van der Waals surface area contributed by atoms with Crippen LogP contribution >= 0.6 is 11.6 Å². The molecule has 0 aromatic heterocycles. The topological polar surface area (TPSA) is 96.3 Å². The summed E-state index contributed by atoms with van der Waals surface area (Å²) in [5.74, 6) is -1.74. The summed E-state index contributed by atoms with van der Waals surface area (Å²) in [5, 5.41) is 21.5. The summed E-state index contributed by atoms with van der Waals surface area (Å²) in [6, 6.07) is 13.8. The van der Waals surface area contributed by atoms with E-state index < -0.39 is 23.5 Å². The van der Waals surface area contributed by atoms with Crippen molar-refractivity contribution in [3.63, 3.8) is 0 Å². The summed E-state index contributed by atoms with van der Waals surface area (Å²) >= 11 is 6.19. The zero-order valence-corrected chi connectivity index (χ0v) is 20.4. The molecule has 8 heteroatoms. The SMILES string of the molecule is COc1cccc(OC)c1/C(O)=C1\C(=O)C(=O)N(c2cc(C)cc(C)c2)C1c1ccc(O)c(Cl)c1. The number of anilines is 1. The Bertz CT molecular complexity index is 1340. The first-order chi connectivity index (χ1) is 16.7. The van der Waals surface area contributed by atoms with E-state index in [1.54, 1.807) is 36.4 Å². The number of halogens is 1. The van der Waals surface area contributed by atoms with E-state index in [1.807, 2.05) is 19.9 Å².